The Morgan fingerprint density at radius 1 is 1.33 bits per heavy atom. The van der Waals surface area contributed by atoms with Gasteiger partial charge in [-0.05, 0) is 44.0 Å². The van der Waals surface area contributed by atoms with Crippen molar-refractivity contribution < 1.29 is 5.11 Å². The summed E-state index contributed by atoms with van der Waals surface area (Å²) < 4.78 is 0. The molecule has 0 spiro atoms. The fraction of sp³-hybridized carbons (Fsp3) is 0.538. The summed E-state index contributed by atoms with van der Waals surface area (Å²) >= 11 is 0. The van der Waals surface area contributed by atoms with Crippen LogP contribution in [-0.2, 0) is 0 Å². The van der Waals surface area contributed by atoms with Crippen LogP contribution in [0.3, 0.4) is 0 Å². The van der Waals surface area contributed by atoms with Gasteiger partial charge in [0.2, 0.25) is 0 Å². The minimum Gasteiger partial charge on any atom is -0.387 e. The maximum absolute atomic E-state index is 10.2. The molecule has 0 fully saturated rings. The van der Waals surface area contributed by atoms with E-state index in [9.17, 15) is 5.11 Å². The van der Waals surface area contributed by atoms with Crippen molar-refractivity contribution in [3.8, 4) is 0 Å². The van der Waals surface area contributed by atoms with E-state index in [-0.39, 0.29) is 6.04 Å². The van der Waals surface area contributed by atoms with Gasteiger partial charge in [0, 0.05) is 6.04 Å². The van der Waals surface area contributed by atoms with Crippen molar-refractivity contribution in [3.63, 3.8) is 0 Å². The van der Waals surface area contributed by atoms with Gasteiger partial charge in [-0.15, -0.1) is 0 Å². The van der Waals surface area contributed by atoms with Gasteiger partial charge in [-0.3, -0.25) is 0 Å². The van der Waals surface area contributed by atoms with Gasteiger partial charge in [-0.25, -0.2) is 0 Å². The van der Waals surface area contributed by atoms with E-state index in [4.69, 9.17) is 0 Å². The molecular formula is C13H21NO. The van der Waals surface area contributed by atoms with Crippen LogP contribution in [-0.4, -0.2) is 17.7 Å². The third-order valence-electron chi connectivity index (χ3n) is 2.96. The van der Waals surface area contributed by atoms with Crippen LogP contribution in [0.5, 0.6) is 0 Å². The van der Waals surface area contributed by atoms with Gasteiger partial charge >= 0.3 is 0 Å². The van der Waals surface area contributed by atoms with Crippen molar-refractivity contribution in [3.05, 3.63) is 34.9 Å². The molecule has 1 rings (SSSR count). The van der Waals surface area contributed by atoms with E-state index >= 15 is 0 Å². The average Bonchev–Trinajstić information content (AvgIpc) is 2.21. The first-order valence-electron chi connectivity index (χ1n) is 5.55. The normalized spacial score (nSPS) is 15.0. The smallest absolute Gasteiger partial charge is 0.0942 e. The van der Waals surface area contributed by atoms with E-state index in [0.717, 1.165) is 12.1 Å². The monoisotopic (exact) mass is 207 g/mol. The van der Waals surface area contributed by atoms with Crippen LogP contribution >= 0.6 is 0 Å². The number of hydrogen-bond donors (Lipinski definition) is 2. The molecule has 2 heteroatoms. The van der Waals surface area contributed by atoms with Gasteiger partial charge in [-0.1, -0.05) is 25.1 Å². The molecule has 0 aliphatic heterocycles. The predicted molar refractivity (Wildman–Crippen MR) is 64.0 cm³/mol. The zero-order chi connectivity index (χ0) is 11.4. The van der Waals surface area contributed by atoms with Gasteiger partial charge in [0.05, 0.1) is 6.10 Å². The van der Waals surface area contributed by atoms with Crippen LogP contribution in [0.2, 0.25) is 0 Å². The molecule has 0 heterocycles. The summed E-state index contributed by atoms with van der Waals surface area (Å²) in [5.41, 5.74) is 3.45. The summed E-state index contributed by atoms with van der Waals surface area (Å²) in [4.78, 5) is 0. The third-order valence-corrected chi connectivity index (χ3v) is 2.96. The summed E-state index contributed by atoms with van der Waals surface area (Å²) in [7, 11) is 0. The number of benzene rings is 1. The number of aliphatic hydroxyl groups is 1. The molecule has 1 aromatic rings. The third kappa shape index (κ3) is 2.80. The second-order valence-corrected chi connectivity index (χ2v) is 4.08. The van der Waals surface area contributed by atoms with Crippen LogP contribution in [0.1, 0.15) is 36.6 Å². The molecule has 2 nitrogen and oxygen atoms in total. The molecule has 1 aromatic carbocycles. The highest BCUT2D eigenvalue weighted by molar-refractivity contribution is 5.35. The van der Waals surface area contributed by atoms with Crippen LogP contribution in [0.25, 0.3) is 0 Å². The fourth-order valence-corrected chi connectivity index (χ4v) is 1.80. The van der Waals surface area contributed by atoms with Crippen LogP contribution in [0, 0.1) is 13.8 Å². The number of rotatable bonds is 4. The standard InChI is InChI=1S/C13H21NO/c1-5-14-11(4)13(15)12-8-6-7-9(2)10(12)3/h6-8,11,13-15H,5H2,1-4H3. The van der Waals surface area contributed by atoms with Crippen molar-refractivity contribution in [2.24, 2.45) is 0 Å². The molecule has 0 bridgehead atoms. The zero-order valence-electron chi connectivity index (χ0n) is 10.0. The summed E-state index contributed by atoms with van der Waals surface area (Å²) in [6, 6.07) is 6.17. The highest BCUT2D eigenvalue weighted by Gasteiger charge is 2.17. The van der Waals surface area contributed by atoms with Crippen molar-refractivity contribution in [1.29, 1.82) is 0 Å². The topological polar surface area (TPSA) is 32.3 Å². The molecule has 2 unspecified atom stereocenters. The van der Waals surface area contributed by atoms with Gasteiger partial charge in [0.25, 0.3) is 0 Å². The first-order chi connectivity index (χ1) is 7.07. The summed E-state index contributed by atoms with van der Waals surface area (Å²) in [5.74, 6) is 0. The van der Waals surface area contributed by atoms with E-state index < -0.39 is 6.10 Å². The molecule has 0 saturated heterocycles. The van der Waals surface area contributed by atoms with Gasteiger partial charge < -0.3 is 10.4 Å². The summed E-state index contributed by atoms with van der Waals surface area (Å²) in [6.07, 6.45) is -0.426. The molecule has 0 radical (unpaired) electrons. The van der Waals surface area contributed by atoms with Gasteiger partial charge in [0.1, 0.15) is 0 Å². The van der Waals surface area contributed by atoms with Crippen LogP contribution < -0.4 is 5.32 Å². The van der Waals surface area contributed by atoms with E-state index in [2.05, 4.69) is 25.2 Å². The Morgan fingerprint density at radius 2 is 2.00 bits per heavy atom. The second kappa shape index (κ2) is 5.29. The fourth-order valence-electron chi connectivity index (χ4n) is 1.80. The van der Waals surface area contributed by atoms with Crippen molar-refractivity contribution in [2.75, 3.05) is 6.54 Å². The SMILES string of the molecule is CCNC(C)C(O)c1cccc(C)c1C. The quantitative estimate of drug-likeness (QED) is 0.794. The molecular weight excluding hydrogens is 186 g/mol. The second-order valence-electron chi connectivity index (χ2n) is 4.08. The van der Waals surface area contributed by atoms with E-state index in [1.807, 2.05) is 26.0 Å². The lowest BCUT2D eigenvalue weighted by Gasteiger charge is -2.22. The lowest BCUT2D eigenvalue weighted by Crippen LogP contribution is -2.32. The maximum atomic E-state index is 10.2. The molecule has 84 valence electrons. The first-order valence-corrected chi connectivity index (χ1v) is 5.55. The minimum absolute atomic E-state index is 0.0931. The molecule has 0 aliphatic carbocycles. The predicted octanol–water partition coefficient (Wildman–Crippen LogP) is 2.33. The van der Waals surface area contributed by atoms with Crippen molar-refractivity contribution >= 4 is 0 Å². The number of nitrogens with one attached hydrogen (secondary N) is 1. The molecule has 15 heavy (non-hydrogen) atoms. The molecule has 0 amide bonds. The average molecular weight is 207 g/mol. The molecule has 0 aliphatic rings. The Labute approximate surface area is 92.3 Å². The molecule has 0 saturated carbocycles. The Kier molecular flexibility index (Phi) is 4.30. The van der Waals surface area contributed by atoms with Crippen molar-refractivity contribution in [2.45, 2.75) is 39.8 Å². The van der Waals surface area contributed by atoms with Crippen LogP contribution in [0.4, 0.5) is 0 Å². The van der Waals surface area contributed by atoms with E-state index in [1.54, 1.807) is 0 Å². The van der Waals surface area contributed by atoms with E-state index in [0.29, 0.717) is 0 Å². The zero-order valence-corrected chi connectivity index (χ0v) is 10.0. The lowest BCUT2D eigenvalue weighted by molar-refractivity contribution is 0.136. The summed E-state index contributed by atoms with van der Waals surface area (Å²) in [6.45, 7) is 9.07. The van der Waals surface area contributed by atoms with Crippen molar-refractivity contribution in [1.82, 2.24) is 5.32 Å². The Balaban J connectivity index is 2.90. The first kappa shape index (κ1) is 12.2. The Hall–Kier alpha value is -0.860. The highest BCUT2D eigenvalue weighted by atomic mass is 16.3. The minimum atomic E-state index is -0.426. The number of likely N-dealkylation sites (N-methyl/N-ethyl adjacent to an activating group) is 1. The van der Waals surface area contributed by atoms with E-state index in [1.165, 1.54) is 11.1 Å². The Bertz CT molecular complexity index is 322. The largest absolute Gasteiger partial charge is 0.387 e. The molecule has 2 N–H and O–H groups in total. The number of aliphatic hydroxyl groups excluding tert-OH is 1. The lowest BCUT2D eigenvalue weighted by atomic mass is 9.96. The highest BCUT2D eigenvalue weighted by Crippen LogP contribution is 2.22. The van der Waals surface area contributed by atoms with Crippen LogP contribution in [0.15, 0.2) is 18.2 Å². The molecule has 2 atom stereocenters. The Morgan fingerprint density at radius 3 is 2.60 bits per heavy atom. The number of hydrogen-bond acceptors (Lipinski definition) is 2. The maximum Gasteiger partial charge on any atom is 0.0942 e. The van der Waals surface area contributed by atoms with Gasteiger partial charge in [-0.2, -0.15) is 0 Å². The summed E-state index contributed by atoms with van der Waals surface area (Å²) in [5, 5.41) is 13.4. The molecule has 0 aromatic heterocycles. The number of aryl methyl sites for hydroxylation is 1. The van der Waals surface area contributed by atoms with Gasteiger partial charge in [0.15, 0.2) is 0 Å².